The fourth-order valence-corrected chi connectivity index (χ4v) is 2.45. The number of benzene rings is 1. The summed E-state index contributed by atoms with van der Waals surface area (Å²) in [5.74, 6) is 0.0974. The molecule has 1 fully saturated rings. The third kappa shape index (κ3) is 2.56. The molecule has 0 N–H and O–H groups in total. The number of carbonyl (C=O) groups is 1. The molecule has 0 aromatic heterocycles. The van der Waals surface area contributed by atoms with Crippen LogP contribution in [0.1, 0.15) is 25.8 Å². The number of carbonyl (C=O) groups excluding carboxylic acids is 1. The van der Waals surface area contributed by atoms with Crippen LogP contribution in [0.4, 0.5) is 0 Å². The highest BCUT2D eigenvalue weighted by molar-refractivity contribution is 6.53. The van der Waals surface area contributed by atoms with E-state index in [9.17, 15) is 4.79 Å². The normalized spacial score (nSPS) is 22.8. The van der Waals surface area contributed by atoms with Gasteiger partial charge in [0.15, 0.2) is 11.5 Å². The lowest BCUT2D eigenvalue weighted by molar-refractivity contribution is -0.140. The summed E-state index contributed by atoms with van der Waals surface area (Å²) in [6.45, 7) is 3.85. The molecule has 1 aromatic carbocycles. The van der Waals surface area contributed by atoms with E-state index in [1.165, 1.54) is 12.1 Å². The summed E-state index contributed by atoms with van der Waals surface area (Å²) in [7, 11) is 0. The smallest absolute Gasteiger partial charge is 0.320 e. The number of halogens is 2. The molecule has 0 saturated heterocycles. The van der Waals surface area contributed by atoms with Gasteiger partial charge in [-0.15, -0.1) is 23.2 Å². The second-order valence-corrected chi connectivity index (χ2v) is 6.29. The van der Waals surface area contributed by atoms with Gasteiger partial charge in [0.05, 0.1) is 18.2 Å². The molecule has 0 spiro atoms. The Morgan fingerprint density at radius 2 is 2.10 bits per heavy atom. The minimum atomic E-state index is -1.08. The van der Waals surface area contributed by atoms with Crippen molar-refractivity contribution in [3.63, 3.8) is 0 Å². The number of esters is 1. The fraction of sp³-hybridized carbons (Fsp3) is 0.429. The van der Waals surface area contributed by atoms with Crippen molar-refractivity contribution >= 4 is 29.2 Å². The third-order valence-corrected chi connectivity index (χ3v) is 4.39. The second kappa shape index (κ2) is 5.16. The van der Waals surface area contributed by atoms with Gasteiger partial charge in [0.2, 0.25) is 0 Å². The Hall–Kier alpha value is -1.44. The molecule has 0 aliphatic heterocycles. The Kier molecular flexibility index (Phi) is 3.86. The highest BCUT2D eigenvalue weighted by Crippen LogP contribution is 2.64. The summed E-state index contributed by atoms with van der Waals surface area (Å²) in [4.78, 5) is 12.1. The van der Waals surface area contributed by atoms with Crippen molar-refractivity contribution in [3.8, 4) is 17.6 Å². The van der Waals surface area contributed by atoms with Crippen molar-refractivity contribution in [2.75, 3.05) is 6.61 Å². The molecule has 1 atom stereocenters. The lowest BCUT2D eigenvalue weighted by Crippen LogP contribution is -2.24. The summed E-state index contributed by atoms with van der Waals surface area (Å²) in [6, 6.07) is 6.60. The van der Waals surface area contributed by atoms with Gasteiger partial charge in [0, 0.05) is 12.5 Å². The number of nitrogens with zero attached hydrogens (tertiary/aromatic N) is 1. The van der Waals surface area contributed by atoms with Crippen molar-refractivity contribution in [2.45, 2.75) is 24.6 Å². The zero-order valence-corrected chi connectivity index (χ0v) is 12.6. The molecule has 1 aromatic rings. The van der Waals surface area contributed by atoms with Crippen LogP contribution in [0.2, 0.25) is 0 Å². The number of rotatable bonds is 4. The van der Waals surface area contributed by atoms with Gasteiger partial charge in [-0.3, -0.25) is 4.79 Å². The van der Waals surface area contributed by atoms with Gasteiger partial charge in [-0.2, -0.15) is 5.26 Å². The molecular weight excluding hydrogens is 301 g/mol. The molecule has 0 amide bonds. The van der Waals surface area contributed by atoms with E-state index >= 15 is 0 Å². The van der Waals surface area contributed by atoms with Crippen LogP contribution >= 0.6 is 23.2 Å². The molecule has 2 rings (SSSR count). The first-order chi connectivity index (χ1) is 9.34. The SMILES string of the molecule is CCOc1cc(C#N)ccc1OC(=O)[C@@]1(C)CC1(Cl)Cl. The first-order valence-corrected chi connectivity index (χ1v) is 6.86. The Labute approximate surface area is 127 Å². The molecule has 1 saturated carbocycles. The quantitative estimate of drug-likeness (QED) is 0.485. The summed E-state index contributed by atoms with van der Waals surface area (Å²) in [5.41, 5.74) is -0.483. The van der Waals surface area contributed by atoms with Crippen molar-refractivity contribution in [1.29, 1.82) is 5.26 Å². The van der Waals surface area contributed by atoms with Gasteiger partial charge in [0.25, 0.3) is 0 Å². The fourth-order valence-electron chi connectivity index (χ4n) is 1.76. The van der Waals surface area contributed by atoms with Crippen LogP contribution in [-0.4, -0.2) is 16.9 Å². The lowest BCUT2D eigenvalue weighted by atomic mass is 10.1. The predicted molar refractivity (Wildman–Crippen MR) is 75.1 cm³/mol. The molecule has 0 heterocycles. The Morgan fingerprint density at radius 1 is 1.45 bits per heavy atom. The number of ether oxygens (including phenoxy) is 2. The summed E-state index contributed by atoms with van der Waals surface area (Å²) >= 11 is 11.9. The number of alkyl halides is 2. The molecule has 106 valence electrons. The molecule has 0 unspecified atom stereocenters. The molecule has 0 radical (unpaired) electrons. The predicted octanol–water partition coefficient (Wildman–Crippen LogP) is 3.45. The van der Waals surface area contributed by atoms with Crippen LogP contribution in [0, 0.1) is 16.7 Å². The summed E-state index contributed by atoms with van der Waals surface area (Å²) < 4.78 is 9.61. The van der Waals surface area contributed by atoms with Gasteiger partial charge < -0.3 is 9.47 Å². The van der Waals surface area contributed by atoms with E-state index in [4.69, 9.17) is 37.9 Å². The molecule has 20 heavy (non-hydrogen) atoms. The maximum atomic E-state index is 12.1. The molecule has 1 aliphatic carbocycles. The first kappa shape index (κ1) is 15.0. The number of nitriles is 1. The Balaban J connectivity index is 2.22. The minimum Gasteiger partial charge on any atom is -0.490 e. The molecule has 1 aliphatic rings. The van der Waals surface area contributed by atoms with Crippen LogP contribution in [0.15, 0.2) is 18.2 Å². The van der Waals surface area contributed by atoms with E-state index in [-0.39, 0.29) is 5.75 Å². The maximum Gasteiger partial charge on any atom is 0.320 e. The van der Waals surface area contributed by atoms with E-state index in [2.05, 4.69) is 0 Å². The maximum absolute atomic E-state index is 12.1. The van der Waals surface area contributed by atoms with E-state index in [1.54, 1.807) is 19.9 Å². The lowest BCUT2D eigenvalue weighted by Gasteiger charge is -2.14. The third-order valence-electron chi connectivity index (χ3n) is 3.28. The summed E-state index contributed by atoms with van der Waals surface area (Å²) in [5, 5.41) is 8.86. The average Bonchev–Trinajstić information content (AvgIpc) is 2.92. The van der Waals surface area contributed by atoms with Crippen molar-refractivity contribution in [3.05, 3.63) is 23.8 Å². The Morgan fingerprint density at radius 3 is 2.60 bits per heavy atom. The molecule has 0 bridgehead atoms. The van der Waals surface area contributed by atoms with Crippen LogP contribution in [0.25, 0.3) is 0 Å². The van der Waals surface area contributed by atoms with Gasteiger partial charge in [0.1, 0.15) is 9.75 Å². The van der Waals surface area contributed by atoms with E-state index in [0.717, 1.165) is 0 Å². The highest BCUT2D eigenvalue weighted by Gasteiger charge is 2.69. The topological polar surface area (TPSA) is 59.3 Å². The Bertz CT molecular complexity index is 595. The van der Waals surface area contributed by atoms with E-state index in [1.807, 2.05) is 6.07 Å². The van der Waals surface area contributed by atoms with Crippen LogP contribution < -0.4 is 9.47 Å². The van der Waals surface area contributed by atoms with Crippen molar-refractivity contribution in [1.82, 2.24) is 0 Å². The standard InChI is InChI=1S/C14H13Cl2NO3/c1-3-19-11-6-9(7-17)4-5-10(11)20-12(18)13(2)8-14(13,15)16/h4-6H,3,8H2,1-2H3/t13-/m1/s1. The van der Waals surface area contributed by atoms with E-state index in [0.29, 0.717) is 24.3 Å². The largest absolute Gasteiger partial charge is 0.490 e. The summed E-state index contributed by atoms with van der Waals surface area (Å²) in [6.07, 6.45) is 0.349. The van der Waals surface area contributed by atoms with Gasteiger partial charge in [-0.25, -0.2) is 0 Å². The molecule has 6 heteroatoms. The monoisotopic (exact) mass is 313 g/mol. The van der Waals surface area contributed by atoms with Gasteiger partial charge in [-0.1, -0.05) is 0 Å². The van der Waals surface area contributed by atoms with Gasteiger partial charge >= 0.3 is 5.97 Å². The second-order valence-electron chi connectivity index (χ2n) is 4.81. The number of hydrogen-bond acceptors (Lipinski definition) is 4. The zero-order chi connectivity index (χ0) is 15.0. The molecule has 4 nitrogen and oxygen atoms in total. The van der Waals surface area contributed by atoms with Crippen LogP contribution in [0.5, 0.6) is 11.5 Å². The van der Waals surface area contributed by atoms with Crippen molar-refractivity contribution < 1.29 is 14.3 Å². The first-order valence-electron chi connectivity index (χ1n) is 6.11. The highest BCUT2D eigenvalue weighted by atomic mass is 35.5. The zero-order valence-electron chi connectivity index (χ0n) is 11.1. The number of hydrogen-bond donors (Lipinski definition) is 0. The van der Waals surface area contributed by atoms with Crippen LogP contribution in [-0.2, 0) is 4.79 Å². The van der Waals surface area contributed by atoms with Crippen LogP contribution in [0.3, 0.4) is 0 Å². The average molecular weight is 314 g/mol. The van der Waals surface area contributed by atoms with Gasteiger partial charge in [-0.05, 0) is 26.0 Å². The van der Waals surface area contributed by atoms with Crippen molar-refractivity contribution in [2.24, 2.45) is 5.41 Å². The van der Waals surface area contributed by atoms with E-state index < -0.39 is 15.7 Å². The minimum absolute atomic E-state index is 0.258. The molecular formula is C14H13Cl2NO3.